The molecule has 0 saturated carbocycles. The van der Waals surface area contributed by atoms with Gasteiger partial charge in [0, 0.05) is 52.9 Å². The Bertz CT molecular complexity index is 703. The Hall–Kier alpha value is -1.63. The highest BCUT2D eigenvalue weighted by Crippen LogP contribution is 2.31. The second-order valence-corrected chi connectivity index (χ2v) is 9.87. The van der Waals surface area contributed by atoms with E-state index >= 15 is 0 Å². The lowest BCUT2D eigenvalue weighted by Gasteiger charge is -2.48. The molecule has 2 atom stereocenters. The molecule has 0 aromatic heterocycles. The van der Waals surface area contributed by atoms with E-state index in [0.29, 0.717) is 0 Å². The number of piperidine rings is 3. The third-order valence-electron chi connectivity index (χ3n) is 7.79. The number of methoxy groups -OCH3 is 1. The first-order valence-corrected chi connectivity index (χ1v) is 12.7. The van der Waals surface area contributed by atoms with Crippen LogP contribution in [-0.4, -0.2) is 93.3 Å². The Morgan fingerprint density at radius 3 is 2.62 bits per heavy atom. The molecule has 3 aliphatic rings. The maximum atomic E-state index is 5.23. The second-order valence-electron chi connectivity index (χ2n) is 9.87. The fraction of sp³-hybridized carbons (Fsp3) is 0.731. The molecule has 6 nitrogen and oxygen atoms in total. The predicted octanol–water partition coefficient (Wildman–Crippen LogP) is 2.91. The molecule has 3 aliphatic heterocycles. The summed E-state index contributed by atoms with van der Waals surface area (Å²) in [6, 6.07) is 11.7. The highest BCUT2D eigenvalue weighted by Gasteiger charge is 2.36. The molecule has 32 heavy (non-hydrogen) atoms. The van der Waals surface area contributed by atoms with Crippen LogP contribution in [0.15, 0.2) is 35.3 Å². The fourth-order valence-electron chi connectivity index (χ4n) is 5.92. The van der Waals surface area contributed by atoms with E-state index in [1.165, 1.54) is 57.3 Å². The number of fused-ring (bicyclic) bond motifs is 1. The predicted molar refractivity (Wildman–Crippen MR) is 132 cm³/mol. The third kappa shape index (κ3) is 6.24. The Morgan fingerprint density at radius 2 is 1.88 bits per heavy atom. The molecule has 2 unspecified atom stereocenters. The zero-order valence-corrected chi connectivity index (χ0v) is 20.2. The number of aliphatic imine (C=N–C) groups is 1. The molecular weight excluding hydrogens is 398 g/mol. The Kier molecular flexibility index (Phi) is 8.83. The number of hydrogen-bond donors (Lipinski definition) is 1. The van der Waals surface area contributed by atoms with Crippen LogP contribution in [0.1, 0.15) is 37.7 Å². The van der Waals surface area contributed by atoms with Gasteiger partial charge in [-0.2, -0.15) is 0 Å². The summed E-state index contributed by atoms with van der Waals surface area (Å²) in [6.45, 7) is 9.94. The quantitative estimate of drug-likeness (QED) is 0.521. The van der Waals surface area contributed by atoms with E-state index in [9.17, 15) is 0 Å². The summed E-state index contributed by atoms with van der Waals surface area (Å²) in [5, 5.41) is 3.73. The van der Waals surface area contributed by atoms with Gasteiger partial charge in [0.1, 0.15) is 0 Å². The van der Waals surface area contributed by atoms with Crippen molar-refractivity contribution in [1.29, 1.82) is 0 Å². The Morgan fingerprint density at radius 1 is 1.06 bits per heavy atom. The molecule has 0 spiro atoms. The minimum absolute atomic E-state index is 0.717. The lowest BCUT2D eigenvalue weighted by atomic mass is 9.83. The van der Waals surface area contributed by atoms with Crippen LogP contribution in [0.2, 0.25) is 0 Å². The van der Waals surface area contributed by atoms with Gasteiger partial charge in [0.05, 0.1) is 6.61 Å². The van der Waals surface area contributed by atoms with Crippen molar-refractivity contribution in [3.8, 4) is 0 Å². The van der Waals surface area contributed by atoms with Gasteiger partial charge in [-0.1, -0.05) is 30.3 Å². The average molecular weight is 442 g/mol. The molecular formula is C26H43N5O. The number of nitrogens with zero attached hydrogens (tertiary/aromatic N) is 4. The van der Waals surface area contributed by atoms with Crippen molar-refractivity contribution in [3.63, 3.8) is 0 Å². The summed E-state index contributed by atoms with van der Waals surface area (Å²) in [7, 11) is 3.74. The SMILES string of the molecule is CN=C(NCC1CCN(CCOC)CC1)N1CCC2C(CCCN2Cc2ccccc2)C1. The summed E-state index contributed by atoms with van der Waals surface area (Å²) >= 11 is 0. The van der Waals surface area contributed by atoms with Gasteiger partial charge in [0.25, 0.3) is 0 Å². The molecule has 0 amide bonds. The smallest absolute Gasteiger partial charge is 0.193 e. The lowest BCUT2D eigenvalue weighted by molar-refractivity contribution is 0.0371. The molecule has 1 aromatic rings. The summed E-state index contributed by atoms with van der Waals surface area (Å²) in [6.07, 6.45) is 6.45. The van der Waals surface area contributed by atoms with E-state index in [2.05, 4.69) is 55.3 Å². The zero-order valence-electron chi connectivity index (χ0n) is 20.2. The fourth-order valence-corrected chi connectivity index (χ4v) is 5.92. The van der Waals surface area contributed by atoms with Crippen LogP contribution in [0, 0.1) is 11.8 Å². The molecule has 0 aliphatic carbocycles. The van der Waals surface area contributed by atoms with Gasteiger partial charge in [0.2, 0.25) is 0 Å². The van der Waals surface area contributed by atoms with E-state index in [0.717, 1.165) is 63.2 Å². The van der Waals surface area contributed by atoms with Crippen molar-refractivity contribution >= 4 is 5.96 Å². The largest absolute Gasteiger partial charge is 0.383 e. The van der Waals surface area contributed by atoms with Crippen molar-refractivity contribution < 1.29 is 4.74 Å². The van der Waals surface area contributed by atoms with Gasteiger partial charge in [-0.05, 0) is 69.1 Å². The molecule has 178 valence electrons. The van der Waals surface area contributed by atoms with Crippen LogP contribution >= 0.6 is 0 Å². The molecule has 6 heteroatoms. The number of nitrogens with one attached hydrogen (secondary N) is 1. The van der Waals surface area contributed by atoms with Gasteiger partial charge in [0.15, 0.2) is 5.96 Å². The van der Waals surface area contributed by atoms with E-state index < -0.39 is 0 Å². The van der Waals surface area contributed by atoms with Crippen LogP contribution in [0.4, 0.5) is 0 Å². The van der Waals surface area contributed by atoms with Crippen molar-refractivity contribution in [1.82, 2.24) is 20.0 Å². The van der Waals surface area contributed by atoms with Crippen LogP contribution in [0.25, 0.3) is 0 Å². The summed E-state index contributed by atoms with van der Waals surface area (Å²) < 4.78 is 5.23. The number of hydrogen-bond acceptors (Lipinski definition) is 4. The van der Waals surface area contributed by atoms with Gasteiger partial charge >= 0.3 is 0 Å². The van der Waals surface area contributed by atoms with Gasteiger partial charge in [-0.15, -0.1) is 0 Å². The van der Waals surface area contributed by atoms with E-state index in [1.807, 2.05) is 7.05 Å². The monoisotopic (exact) mass is 441 g/mol. The minimum atomic E-state index is 0.717. The molecule has 1 N–H and O–H groups in total. The second kappa shape index (κ2) is 12.0. The van der Waals surface area contributed by atoms with Crippen molar-refractivity contribution in [2.24, 2.45) is 16.8 Å². The minimum Gasteiger partial charge on any atom is -0.383 e. The first-order valence-electron chi connectivity index (χ1n) is 12.7. The number of rotatable bonds is 7. The van der Waals surface area contributed by atoms with Crippen molar-refractivity contribution in [2.45, 2.75) is 44.7 Å². The lowest BCUT2D eigenvalue weighted by Crippen LogP contribution is -2.57. The third-order valence-corrected chi connectivity index (χ3v) is 7.79. The first kappa shape index (κ1) is 23.5. The van der Waals surface area contributed by atoms with Gasteiger partial charge in [-0.25, -0.2) is 0 Å². The molecule has 1 aromatic carbocycles. The summed E-state index contributed by atoms with van der Waals surface area (Å²) in [5.41, 5.74) is 1.45. The molecule has 3 saturated heterocycles. The molecule has 4 rings (SSSR count). The molecule has 3 fully saturated rings. The standard InChI is InChI=1S/C26H43N5O/c1-27-26(28-19-22-10-14-29(15-11-22)17-18-32-2)31-16-12-25-24(21-31)9-6-13-30(25)20-23-7-4-3-5-8-23/h3-5,7-8,22,24-25H,6,9-21H2,1-2H3,(H,27,28). The topological polar surface area (TPSA) is 43.3 Å². The van der Waals surface area contributed by atoms with Crippen LogP contribution in [0.5, 0.6) is 0 Å². The normalized spacial score (nSPS) is 26.2. The van der Waals surface area contributed by atoms with Gasteiger partial charge in [-0.3, -0.25) is 9.89 Å². The van der Waals surface area contributed by atoms with Crippen LogP contribution in [0.3, 0.4) is 0 Å². The number of benzene rings is 1. The summed E-state index contributed by atoms with van der Waals surface area (Å²) in [4.78, 5) is 12.5. The first-order chi connectivity index (χ1) is 15.8. The van der Waals surface area contributed by atoms with E-state index in [1.54, 1.807) is 7.11 Å². The maximum absolute atomic E-state index is 5.23. The average Bonchev–Trinajstić information content (AvgIpc) is 2.84. The van der Waals surface area contributed by atoms with Crippen molar-refractivity contribution in [3.05, 3.63) is 35.9 Å². The Balaban J connectivity index is 1.24. The van der Waals surface area contributed by atoms with Crippen LogP contribution < -0.4 is 5.32 Å². The summed E-state index contributed by atoms with van der Waals surface area (Å²) in [5.74, 6) is 2.62. The molecule has 0 bridgehead atoms. The van der Waals surface area contributed by atoms with E-state index in [4.69, 9.17) is 4.74 Å². The molecule has 3 heterocycles. The number of guanidine groups is 1. The number of likely N-dealkylation sites (tertiary alicyclic amines) is 3. The van der Waals surface area contributed by atoms with Gasteiger partial charge < -0.3 is 19.9 Å². The maximum Gasteiger partial charge on any atom is 0.193 e. The van der Waals surface area contributed by atoms with Crippen molar-refractivity contribution in [2.75, 3.05) is 66.6 Å². The highest BCUT2D eigenvalue weighted by atomic mass is 16.5. The highest BCUT2D eigenvalue weighted by molar-refractivity contribution is 5.80. The van der Waals surface area contributed by atoms with E-state index in [-0.39, 0.29) is 0 Å². The number of ether oxygens (including phenoxy) is 1. The van der Waals surface area contributed by atoms with Crippen LogP contribution in [-0.2, 0) is 11.3 Å². The Labute approximate surface area is 195 Å². The molecule has 0 radical (unpaired) electrons. The zero-order chi connectivity index (χ0) is 22.2.